The van der Waals surface area contributed by atoms with Gasteiger partial charge in [-0.15, -0.1) is 0 Å². The summed E-state index contributed by atoms with van der Waals surface area (Å²) in [5.41, 5.74) is 0.738. The number of ether oxygens (including phenoxy) is 1. The second-order valence-electron chi connectivity index (χ2n) is 6.18. The number of hydrogen-bond acceptors (Lipinski definition) is 3. The number of nitrogens with zero attached hydrogens (tertiary/aromatic N) is 1. The highest BCUT2D eigenvalue weighted by atomic mass is 16.5. The third-order valence-electron chi connectivity index (χ3n) is 4.14. The first kappa shape index (κ1) is 16.0. The molecule has 0 saturated carbocycles. The molecule has 1 heterocycles. The van der Waals surface area contributed by atoms with Crippen LogP contribution in [0.5, 0.6) is 5.75 Å². The molecule has 1 aromatic carbocycles. The standard InChI is InChI=1S/C18H27NO2/c1-15-6-5-12-19(14-15)11-3-4-13-21-18-9-7-17(8-10-18)16(2)20/h7-10,15H,3-6,11-14H2,1-2H3/t15-/m0/s1. The summed E-state index contributed by atoms with van der Waals surface area (Å²) >= 11 is 0. The van der Waals surface area contributed by atoms with Crippen LogP contribution in [0.1, 0.15) is 49.9 Å². The highest BCUT2D eigenvalue weighted by molar-refractivity contribution is 5.94. The van der Waals surface area contributed by atoms with E-state index >= 15 is 0 Å². The quantitative estimate of drug-likeness (QED) is 0.565. The summed E-state index contributed by atoms with van der Waals surface area (Å²) in [5.74, 6) is 1.80. The van der Waals surface area contributed by atoms with Gasteiger partial charge < -0.3 is 9.64 Å². The summed E-state index contributed by atoms with van der Waals surface area (Å²) in [7, 11) is 0. The Labute approximate surface area is 128 Å². The van der Waals surface area contributed by atoms with E-state index < -0.39 is 0 Å². The van der Waals surface area contributed by atoms with Crippen LogP contribution in [0.25, 0.3) is 0 Å². The second kappa shape index (κ2) is 8.18. The first-order valence-corrected chi connectivity index (χ1v) is 8.11. The molecule has 0 radical (unpaired) electrons. The molecular formula is C18H27NO2. The van der Waals surface area contributed by atoms with E-state index in [2.05, 4.69) is 11.8 Å². The van der Waals surface area contributed by atoms with Gasteiger partial charge in [0, 0.05) is 12.1 Å². The Morgan fingerprint density at radius 1 is 1.29 bits per heavy atom. The predicted octanol–water partition coefficient (Wildman–Crippen LogP) is 3.78. The average Bonchev–Trinajstić information content (AvgIpc) is 2.47. The monoisotopic (exact) mass is 289 g/mol. The third kappa shape index (κ3) is 5.50. The molecule has 0 aromatic heterocycles. The van der Waals surface area contributed by atoms with Gasteiger partial charge in [-0.1, -0.05) is 6.92 Å². The van der Waals surface area contributed by atoms with E-state index in [1.807, 2.05) is 24.3 Å². The molecule has 1 atom stereocenters. The fourth-order valence-corrected chi connectivity index (χ4v) is 2.90. The minimum absolute atomic E-state index is 0.0947. The molecule has 0 bridgehead atoms. The lowest BCUT2D eigenvalue weighted by Crippen LogP contribution is -2.35. The van der Waals surface area contributed by atoms with Crippen LogP contribution < -0.4 is 4.74 Å². The highest BCUT2D eigenvalue weighted by Gasteiger charge is 2.15. The zero-order chi connectivity index (χ0) is 15.1. The number of hydrogen-bond donors (Lipinski definition) is 0. The van der Waals surface area contributed by atoms with Crippen molar-refractivity contribution in [1.29, 1.82) is 0 Å². The number of unbranched alkanes of at least 4 members (excludes halogenated alkanes) is 1. The molecule has 0 aliphatic carbocycles. The fourth-order valence-electron chi connectivity index (χ4n) is 2.90. The maximum Gasteiger partial charge on any atom is 0.159 e. The Balaban J connectivity index is 1.60. The van der Waals surface area contributed by atoms with E-state index in [-0.39, 0.29) is 5.78 Å². The van der Waals surface area contributed by atoms with E-state index in [4.69, 9.17) is 4.74 Å². The number of rotatable bonds is 7. The number of carbonyl (C=O) groups excluding carboxylic acids is 1. The van der Waals surface area contributed by atoms with Crippen molar-refractivity contribution in [1.82, 2.24) is 4.90 Å². The van der Waals surface area contributed by atoms with Gasteiger partial charge in [0.05, 0.1) is 6.61 Å². The van der Waals surface area contributed by atoms with Gasteiger partial charge in [-0.3, -0.25) is 4.79 Å². The van der Waals surface area contributed by atoms with Crippen LogP contribution in [0, 0.1) is 5.92 Å². The summed E-state index contributed by atoms with van der Waals surface area (Å²) in [5, 5.41) is 0. The molecule has 1 fully saturated rings. The molecule has 0 unspecified atom stereocenters. The van der Waals surface area contributed by atoms with Gasteiger partial charge in [0.1, 0.15) is 5.75 Å². The predicted molar refractivity (Wildman–Crippen MR) is 86.0 cm³/mol. The minimum Gasteiger partial charge on any atom is -0.494 e. The molecule has 2 rings (SSSR count). The second-order valence-corrected chi connectivity index (χ2v) is 6.18. The first-order chi connectivity index (χ1) is 10.1. The van der Waals surface area contributed by atoms with Crippen LogP contribution in [0.4, 0.5) is 0 Å². The van der Waals surface area contributed by atoms with Crippen molar-refractivity contribution in [2.24, 2.45) is 5.92 Å². The van der Waals surface area contributed by atoms with Crippen molar-refractivity contribution in [3.05, 3.63) is 29.8 Å². The molecule has 1 aliphatic rings. The van der Waals surface area contributed by atoms with Crippen LogP contribution >= 0.6 is 0 Å². The Hall–Kier alpha value is -1.35. The maximum atomic E-state index is 11.2. The number of carbonyl (C=O) groups is 1. The van der Waals surface area contributed by atoms with Crippen molar-refractivity contribution < 1.29 is 9.53 Å². The Bertz CT molecular complexity index is 441. The zero-order valence-electron chi connectivity index (χ0n) is 13.3. The van der Waals surface area contributed by atoms with Gasteiger partial charge in [0.25, 0.3) is 0 Å². The van der Waals surface area contributed by atoms with E-state index in [0.717, 1.165) is 30.3 Å². The van der Waals surface area contributed by atoms with Gasteiger partial charge in [0.2, 0.25) is 0 Å². The van der Waals surface area contributed by atoms with Crippen molar-refractivity contribution in [2.75, 3.05) is 26.2 Å². The molecule has 0 spiro atoms. The lowest BCUT2D eigenvalue weighted by molar-refractivity contribution is 0.101. The van der Waals surface area contributed by atoms with E-state index in [9.17, 15) is 4.79 Å². The number of Topliss-reactive ketones (excluding diaryl/α,β-unsaturated/α-hetero) is 1. The average molecular weight is 289 g/mol. The van der Waals surface area contributed by atoms with Crippen molar-refractivity contribution in [3.8, 4) is 5.75 Å². The van der Waals surface area contributed by atoms with Crippen LogP contribution in [0.15, 0.2) is 24.3 Å². The summed E-state index contributed by atoms with van der Waals surface area (Å²) in [6.07, 6.45) is 5.01. The SMILES string of the molecule is CC(=O)c1ccc(OCCCCN2CCC[C@H](C)C2)cc1. The van der Waals surface area contributed by atoms with Gasteiger partial charge in [0.15, 0.2) is 5.78 Å². The highest BCUT2D eigenvalue weighted by Crippen LogP contribution is 2.16. The number of piperidine rings is 1. The topological polar surface area (TPSA) is 29.5 Å². The molecule has 1 aromatic rings. The van der Waals surface area contributed by atoms with Crippen LogP contribution in [-0.2, 0) is 0 Å². The van der Waals surface area contributed by atoms with E-state index in [0.29, 0.717) is 0 Å². The summed E-state index contributed by atoms with van der Waals surface area (Å²) < 4.78 is 5.72. The summed E-state index contributed by atoms with van der Waals surface area (Å²) in [6, 6.07) is 7.41. The lowest BCUT2D eigenvalue weighted by atomic mass is 10.0. The molecule has 21 heavy (non-hydrogen) atoms. The van der Waals surface area contributed by atoms with Gasteiger partial charge in [-0.05, 0) is 75.9 Å². The third-order valence-corrected chi connectivity index (χ3v) is 4.14. The smallest absolute Gasteiger partial charge is 0.159 e. The number of ketones is 1. The maximum absolute atomic E-state index is 11.2. The summed E-state index contributed by atoms with van der Waals surface area (Å²) in [4.78, 5) is 13.8. The molecular weight excluding hydrogens is 262 g/mol. The van der Waals surface area contributed by atoms with E-state index in [1.165, 1.54) is 38.9 Å². The van der Waals surface area contributed by atoms with Crippen LogP contribution in [0.2, 0.25) is 0 Å². The Morgan fingerprint density at radius 3 is 2.71 bits per heavy atom. The van der Waals surface area contributed by atoms with Crippen LogP contribution in [0.3, 0.4) is 0 Å². The fraction of sp³-hybridized carbons (Fsp3) is 0.611. The largest absolute Gasteiger partial charge is 0.494 e. The Morgan fingerprint density at radius 2 is 2.05 bits per heavy atom. The molecule has 3 nitrogen and oxygen atoms in total. The van der Waals surface area contributed by atoms with Crippen LogP contribution in [-0.4, -0.2) is 36.9 Å². The number of benzene rings is 1. The molecule has 0 N–H and O–H groups in total. The molecule has 3 heteroatoms. The normalized spacial score (nSPS) is 19.4. The van der Waals surface area contributed by atoms with Gasteiger partial charge >= 0.3 is 0 Å². The van der Waals surface area contributed by atoms with Gasteiger partial charge in [-0.25, -0.2) is 0 Å². The van der Waals surface area contributed by atoms with Crippen molar-refractivity contribution in [3.63, 3.8) is 0 Å². The zero-order valence-corrected chi connectivity index (χ0v) is 13.3. The van der Waals surface area contributed by atoms with E-state index in [1.54, 1.807) is 6.92 Å². The lowest BCUT2D eigenvalue weighted by Gasteiger charge is -2.30. The molecule has 0 amide bonds. The van der Waals surface area contributed by atoms with Crippen molar-refractivity contribution in [2.45, 2.75) is 39.5 Å². The molecule has 116 valence electrons. The first-order valence-electron chi connectivity index (χ1n) is 8.11. The summed E-state index contributed by atoms with van der Waals surface area (Å²) in [6.45, 7) is 8.39. The minimum atomic E-state index is 0.0947. The molecule has 1 aliphatic heterocycles. The number of likely N-dealkylation sites (tertiary alicyclic amines) is 1. The molecule has 1 saturated heterocycles. The van der Waals surface area contributed by atoms with Gasteiger partial charge in [-0.2, -0.15) is 0 Å². The Kier molecular flexibility index (Phi) is 6.24. The van der Waals surface area contributed by atoms with Crippen molar-refractivity contribution >= 4 is 5.78 Å².